The van der Waals surface area contributed by atoms with Crippen LogP contribution in [0.15, 0.2) is 51.8 Å². The van der Waals surface area contributed by atoms with Gasteiger partial charge in [0.05, 0.1) is 19.1 Å². The van der Waals surface area contributed by atoms with E-state index < -0.39 is 15.9 Å². The maximum Gasteiger partial charge on any atom is 0.322 e. The van der Waals surface area contributed by atoms with E-state index >= 15 is 0 Å². The molecule has 0 aliphatic carbocycles. The highest BCUT2D eigenvalue weighted by Gasteiger charge is 2.31. The summed E-state index contributed by atoms with van der Waals surface area (Å²) in [6, 6.07) is 10.8. The van der Waals surface area contributed by atoms with E-state index in [1.807, 2.05) is 0 Å². The van der Waals surface area contributed by atoms with Gasteiger partial charge in [-0.2, -0.15) is 4.31 Å². The highest BCUT2D eigenvalue weighted by Crippen LogP contribution is 2.32. The molecule has 11 heteroatoms. The van der Waals surface area contributed by atoms with Crippen LogP contribution < -0.4 is 14.8 Å². The average molecular weight is 501 g/mol. The van der Waals surface area contributed by atoms with Crippen LogP contribution in [0.2, 0.25) is 0 Å². The number of nitrogens with zero attached hydrogens (tertiary/aromatic N) is 3. The number of methoxy groups -OCH3 is 2. The normalized spacial score (nSPS) is 18.7. The Morgan fingerprint density at radius 3 is 2.29 bits per heavy atom. The van der Waals surface area contributed by atoms with Gasteiger partial charge in [-0.15, -0.1) is 5.10 Å². The number of carbonyl (C=O) groups is 1. The third kappa shape index (κ3) is 5.30. The number of anilines is 1. The van der Waals surface area contributed by atoms with Crippen molar-refractivity contribution in [1.82, 2.24) is 14.5 Å². The number of rotatable bonds is 7. The minimum Gasteiger partial charge on any atom is -0.493 e. The van der Waals surface area contributed by atoms with Gasteiger partial charge >= 0.3 is 6.01 Å². The van der Waals surface area contributed by atoms with Gasteiger partial charge in [-0.3, -0.25) is 10.1 Å². The lowest BCUT2D eigenvalue weighted by Crippen LogP contribution is -2.42. The van der Waals surface area contributed by atoms with Crippen molar-refractivity contribution in [3.63, 3.8) is 0 Å². The molecule has 1 aliphatic heterocycles. The van der Waals surface area contributed by atoms with Crippen molar-refractivity contribution < 1.29 is 27.1 Å². The summed E-state index contributed by atoms with van der Waals surface area (Å²) >= 11 is 0. The largest absolute Gasteiger partial charge is 0.493 e. The molecule has 1 aliphatic rings. The van der Waals surface area contributed by atoms with Crippen LogP contribution in [-0.2, 0) is 10.0 Å². The molecule has 2 aromatic carbocycles. The van der Waals surface area contributed by atoms with E-state index in [0.717, 1.165) is 6.42 Å². The van der Waals surface area contributed by atoms with Crippen molar-refractivity contribution in [2.24, 2.45) is 11.8 Å². The van der Waals surface area contributed by atoms with E-state index in [9.17, 15) is 13.2 Å². The molecule has 1 aromatic heterocycles. The van der Waals surface area contributed by atoms with E-state index in [0.29, 0.717) is 42.0 Å². The summed E-state index contributed by atoms with van der Waals surface area (Å²) in [5, 5.41) is 10.4. The summed E-state index contributed by atoms with van der Waals surface area (Å²) in [4.78, 5) is 12.8. The van der Waals surface area contributed by atoms with Crippen molar-refractivity contribution in [3.8, 4) is 23.0 Å². The molecular formula is C24H28N4O6S. The monoisotopic (exact) mass is 500 g/mol. The van der Waals surface area contributed by atoms with Gasteiger partial charge in [-0.05, 0) is 60.7 Å². The number of nitrogens with one attached hydrogen (secondary N) is 1. The SMILES string of the molecule is COc1ccc(-c2nnc(NC(=O)c3ccc(S(=O)(=O)N4CC(C)CC(C)C4)cc3)o2)cc1OC. The number of hydrogen-bond donors (Lipinski definition) is 1. The first-order chi connectivity index (χ1) is 16.7. The van der Waals surface area contributed by atoms with E-state index in [2.05, 4.69) is 29.4 Å². The fraction of sp³-hybridized carbons (Fsp3) is 0.375. The van der Waals surface area contributed by atoms with Gasteiger partial charge in [0.25, 0.3) is 5.91 Å². The van der Waals surface area contributed by atoms with Crippen LogP contribution in [0.4, 0.5) is 6.01 Å². The number of amides is 1. The predicted octanol–water partition coefficient (Wildman–Crippen LogP) is 3.67. The molecule has 1 amide bonds. The first-order valence-corrected chi connectivity index (χ1v) is 12.6. The van der Waals surface area contributed by atoms with Crippen molar-refractivity contribution >= 4 is 21.9 Å². The van der Waals surface area contributed by atoms with E-state index in [1.54, 1.807) is 18.2 Å². The summed E-state index contributed by atoms with van der Waals surface area (Å²) in [5.74, 6) is 1.34. The zero-order chi connectivity index (χ0) is 25.2. The second-order valence-electron chi connectivity index (χ2n) is 8.73. The fourth-order valence-electron chi connectivity index (χ4n) is 4.26. The van der Waals surface area contributed by atoms with Gasteiger partial charge in [0.2, 0.25) is 15.9 Å². The summed E-state index contributed by atoms with van der Waals surface area (Å²) in [6.07, 6.45) is 1.01. The van der Waals surface area contributed by atoms with Crippen LogP contribution in [-0.4, -0.2) is 56.1 Å². The summed E-state index contributed by atoms with van der Waals surface area (Å²) in [6.45, 7) is 5.10. The second kappa shape index (κ2) is 10.0. The smallest absolute Gasteiger partial charge is 0.322 e. The van der Waals surface area contributed by atoms with Crippen LogP contribution in [0, 0.1) is 11.8 Å². The number of benzene rings is 2. The second-order valence-corrected chi connectivity index (χ2v) is 10.7. The molecular weight excluding hydrogens is 472 g/mol. The van der Waals surface area contributed by atoms with Gasteiger partial charge in [0, 0.05) is 24.2 Å². The molecule has 10 nitrogen and oxygen atoms in total. The molecule has 35 heavy (non-hydrogen) atoms. The number of hydrogen-bond acceptors (Lipinski definition) is 8. The average Bonchev–Trinajstić information content (AvgIpc) is 3.31. The van der Waals surface area contributed by atoms with Gasteiger partial charge in [0.15, 0.2) is 11.5 Å². The third-order valence-electron chi connectivity index (χ3n) is 5.87. The molecule has 4 rings (SSSR count). The van der Waals surface area contributed by atoms with Gasteiger partial charge in [-0.25, -0.2) is 8.42 Å². The van der Waals surface area contributed by atoms with Crippen LogP contribution in [0.25, 0.3) is 11.5 Å². The number of ether oxygens (including phenoxy) is 2. The van der Waals surface area contributed by atoms with Crippen LogP contribution in [0.5, 0.6) is 11.5 Å². The Morgan fingerprint density at radius 2 is 1.66 bits per heavy atom. The zero-order valence-corrected chi connectivity index (χ0v) is 20.8. The first kappa shape index (κ1) is 24.7. The van der Waals surface area contributed by atoms with Crippen molar-refractivity contribution in [2.75, 3.05) is 32.6 Å². The Hall–Kier alpha value is -3.44. The zero-order valence-electron chi connectivity index (χ0n) is 20.0. The Morgan fingerprint density at radius 1 is 1.00 bits per heavy atom. The van der Waals surface area contributed by atoms with Crippen LogP contribution >= 0.6 is 0 Å². The van der Waals surface area contributed by atoms with Gasteiger partial charge < -0.3 is 13.9 Å². The molecule has 1 fully saturated rings. The quantitative estimate of drug-likeness (QED) is 0.521. The maximum absolute atomic E-state index is 13.0. The lowest BCUT2D eigenvalue weighted by molar-refractivity contribution is 0.102. The number of piperidine rings is 1. The van der Waals surface area contributed by atoms with Gasteiger partial charge in [-0.1, -0.05) is 18.9 Å². The fourth-order valence-corrected chi connectivity index (χ4v) is 5.94. The van der Waals surface area contributed by atoms with Gasteiger partial charge in [0.1, 0.15) is 0 Å². The minimum atomic E-state index is -3.63. The van der Waals surface area contributed by atoms with Crippen molar-refractivity contribution in [3.05, 3.63) is 48.0 Å². The third-order valence-corrected chi connectivity index (χ3v) is 7.71. The molecule has 2 heterocycles. The molecule has 2 unspecified atom stereocenters. The minimum absolute atomic E-state index is 0.0900. The van der Waals surface area contributed by atoms with E-state index in [1.165, 1.54) is 42.8 Å². The van der Waals surface area contributed by atoms with Crippen LogP contribution in [0.3, 0.4) is 0 Å². The molecule has 1 N–H and O–H groups in total. The van der Waals surface area contributed by atoms with E-state index in [4.69, 9.17) is 13.9 Å². The number of carbonyl (C=O) groups excluding carboxylic acids is 1. The molecule has 0 bridgehead atoms. The standard InChI is InChI=1S/C24H28N4O6S/c1-15-11-16(2)14-28(13-15)35(30,31)19-8-5-17(6-9-19)22(29)25-24-27-26-23(34-24)18-7-10-20(32-3)21(12-18)33-4/h5-10,12,15-16H,11,13-14H2,1-4H3,(H,25,27,29). The summed E-state index contributed by atoms with van der Waals surface area (Å²) < 4.78 is 43.7. The Bertz CT molecular complexity index is 1300. The molecule has 0 radical (unpaired) electrons. The lowest BCUT2D eigenvalue weighted by atomic mass is 9.94. The predicted molar refractivity (Wildman–Crippen MR) is 129 cm³/mol. The highest BCUT2D eigenvalue weighted by molar-refractivity contribution is 7.89. The Balaban J connectivity index is 1.45. The topological polar surface area (TPSA) is 124 Å². The molecule has 186 valence electrons. The number of sulfonamides is 1. The molecule has 2 atom stereocenters. The first-order valence-electron chi connectivity index (χ1n) is 11.2. The van der Waals surface area contributed by atoms with Crippen LogP contribution in [0.1, 0.15) is 30.6 Å². The van der Waals surface area contributed by atoms with Crippen molar-refractivity contribution in [1.29, 1.82) is 0 Å². The summed E-state index contributed by atoms with van der Waals surface area (Å²) in [7, 11) is -0.571. The van der Waals surface area contributed by atoms with E-state index in [-0.39, 0.29) is 22.4 Å². The van der Waals surface area contributed by atoms with Crippen molar-refractivity contribution in [2.45, 2.75) is 25.2 Å². The lowest BCUT2D eigenvalue weighted by Gasteiger charge is -2.34. The Kier molecular flexibility index (Phi) is 7.08. The molecule has 1 saturated heterocycles. The highest BCUT2D eigenvalue weighted by atomic mass is 32.2. The Labute approximate surface area is 204 Å². The molecule has 0 saturated carbocycles. The summed E-state index contributed by atoms with van der Waals surface area (Å²) in [5.41, 5.74) is 0.849. The number of aromatic nitrogens is 2. The maximum atomic E-state index is 13.0. The molecule has 3 aromatic rings. The molecule has 0 spiro atoms.